The van der Waals surface area contributed by atoms with Crippen molar-refractivity contribution in [1.29, 1.82) is 0 Å². The molecule has 19 heavy (non-hydrogen) atoms. The lowest BCUT2D eigenvalue weighted by Gasteiger charge is -2.28. The lowest BCUT2D eigenvalue weighted by molar-refractivity contribution is -0.133. The van der Waals surface area contributed by atoms with E-state index < -0.39 is 0 Å². The van der Waals surface area contributed by atoms with Gasteiger partial charge >= 0.3 is 0 Å². The van der Waals surface area contributed by atoms with Crippen LogP contribution in [0.4, 0.5) is 5.69 Å². The molecule has 0 heterocycles. The molecule has 1 unspecified atom stereocenters. The summed E-state index contributed by atoms with van der Waals surface area (Å²) < 4.78 is 5.07. The Hall–Kier alpha value is -1.55. The van der Waals surface area contributed by atoms with Crippen molar-refractivity contribution < 1.29 is 9.53 Å². The largest absolute Gasteiger partial charge is 0.399 e. The van der Waals surface area contributed by atoms with Crippen molar-refractivity contribution in [2.24, 2.45) is 0 Å². The molecule has 0 bridgehead atoms. The maximum atomic E-state index is 12.4. The highest BCUT2D eigenvalue weighted by atomic mass is 16.5. The smallest absolute Gasteiger partial charge is 0.227 e. The van der Waals surface area contributed by atoms with Gasteiger partial charge in [-0.25, -0.2) is 0 Å². The normalized spacial score (nSPS) is 12.2. The lowest BCUT2D eigenvalue weighted by atomic mass is 10.1. The Morgan fingerprint density at radius 2 is 2.21 bits per heavy atom. The summed E-state index contributed by atoms with van der Waals surface area (Å²) in [6.45, 7) is 5.34. The van der Waals surface area contributed by atoms with Crippen molar-refractivity contribution in [2.75, 3.05) is 26.0 Å². The molecule has 2 N–H and O–H groups in total. The molecule has 1 aromatic rings. The zero-order valence-corrected chi connectivity index (χ0v) is 12.1. The van der Waals surface area contributed by atoms with E-state index in [4.69, 9.17) is 10.5 Å². The van der Waals surface area contributed by atoms with Gasteiger partial charge in [0.2, 0.25) is 5.91 Å². The topological polar surface area (TPSA) is 55.6 Å². The van der Waals surface area contributed by atoms with E-state index in [0.717, 1.165) is 12.0 Å². The Balaban J connectivity index is 2.70. The average molecular weight is 264 g/mol. The second kappa shape index (κ2) is 7.79. The molecular weight excluding hydrogens is 240 g/mol. The Morgan fingerprint density at radius 3 is 2.79 bits per heavy atom. The fourth-order valence-corrected chi connectivity index (χ4v) is 1.98. The fraction of sp³-hybridized carbons (Fsp3) is 0.533. The van der Waals surface area contributed by atoms with Gasteiger partial charge in [0.05, 0.1) is 13.0 Å². The number of nitrogen functional groups attached to an aromatic ring is 1. The second-order valence-corrected chi connectivity index (χ2v) is 4.76. The minimum atomic E-state index is 0.122. The summed E-state index contributed by atoms with van der Waals surface area (Å²) in [7, 11) is 1.65. The van der Waals surface area contributed by atoms with E-state index in [0.29, 0.717) is 25.3 Å². The third-order valence-electron chi connectivity index (χ3n) is 3.29. The summed E-state index contributed by atoms with van der Waals surface area (Å²) in [5.74, 6) is 0.122. The molecule has 0 radical (unpaired) electrons. The first-order valence-electron chi connectivity index (χ1n) is 6.71. The molecule has 4 nitrogen and oxygen atoms in total. The van der Waals surface area contributed by atoms with Crippen molar-refractivity contribution in [2.45, 2.75) is 32.7 Å². The third-order valence-corrected chi connectivity index (χ3v) is 3.29. The number of rotatable bonds is 7. The molecule has 0 spiro atoms. The van der Waals surface area contributed by atoms with Gasteiger partial charge < -0.3 is 15.4 Å². The number of hydrogen-bond donors (Lipinski definition) is 1. The number of carbonyl (C=O) groups excluding carboxylic acids is 1. The molecule has 0 aliphatic heterocycles. The Bertz CT molecular complexity index is 407. The van der Waals surface area contributed by atoms with E-state index in [-0.39, 0.29) is 11.9 Å². The van der Waals surface area contributed by atoms with Gasteiger partial charge in [-0.15, -0.1) is 0 Å². The Morgan fingerprint density at radius 1 is 1.47 bits per heavy atom. The van der Waals surface area contributed by atoms with Gasteiger partial charge in [-0.3, -0.25) is 4.79 Å². The van der Waals surface area contributed by atoms with Gasteiger partial charge in [-0.1, -0.05) is 19.1 Å². The van der Waals surface area contributed by atoms with Gasteiger partial charge in [-0.2, -0.15) is 0 Å². The lowest BCUT2D eigenvalue weighted by Crippen LogP contribution is -2.41. The standard InChI is InChI=1S/C15H24N2O2/c1-4-12(2)17(8-9-19-3)15(18)11-13-6-5-7-14(16)10-13/h5-7,10,12H,4,8-9,11,16H2,1-3H3. The molecule has 4 heteroatoms. The summed E-state index contributed by atoms with van der Waals surface area (Å²) in [6.07, 6.45) is 1.32. The zero-order chi connectivity index (χ0) is 14.3. The number of methoxy groups -OCH3 is 1. The van der Waals surface area contributed by atoms with Crippen molar-refractivity contribution in [3.63, 3.8) is 0 Å². The van der Waals surface area contributed by atoms with Crippen molar-refractivity contribution in [3.8, 4) is 0 Å². The van der Waals surface area contributed by atoms with Crippen LogP contribution in [-0.4, -0.2) is 37.1 Å². The number of benzene rings is 1. The van der Waals surface area contributed by atoms with Crippen LogP contribution in [0, 0.1) is 0 Å². The minimum Gasteiger partial charge on any atom is -0.399 e. The third kappa shape index (κ3) is 4.91. The molecule has 0 saturated carbocycles. The Kier molecular flexibility index (Phi) is 6.36. The maximum absolute atomic E-state index is 12.4. The summed E-state index contributed by atoms with van der Waals surface area (Å²) in [5.41, 5.74) is 7.38. The molecule has 1 rings (SSSR count). The predicted molar refractivity (Wildman–Crippen MR) is 77.9 cm³/mol. The van der Waals surface area contributed by atoms with Crippen LogP contribution >= 0.6 is 0 Å². The van der Waals surface area contributed by atoms with Crippen LogP contribution in [0.15, 0.2) is 24.3 Å². The summed E-state index contributed by atoms with van der Waals surface area (Å²) >= 11 is 0. The monoisotopic (exact) mass is 264 g/mol. The molecule has 1 amide bonds. The molecule has 0 saturated heterocycles. The average Bonchev–Trinajstić information content (AvgIpc) is 2.38. The molecular formula is C15H24N2O2. The van der Waals surface area contributed by atoms with Crippen LogP contribution in [0.1, 0.15) is 25.8 Å². The van der Waals surface area contributed by atoms with Crippen LogP contribution < -0.4 is 5.73 Å². The number of nitrogens with two attached hydrogens (primary N) is 1. The van der Waals surface area contributed by atoms with Gasteiger partial charge in [0.15, 0.2) is 0 Å². The van der Waals surface area contributed by atoms with Crippen molar-refractivity contribution in [1.82, 2.24) is 4.90 Å². The Labute approximate surface area is 115 Å². The predicted octanol–water partition coefficient (Wildman–Crippen LogP) is 2.08. The molecule has 1 atom stereocenters. The van der Waals surface area contributed by atoms with Gasteiger partial charge in [-0.05, 0) is 31.0 Å². The van der Waals surface area contributed by atoms with Crippen molar-refractivity contribution >= 4 is 11.6 Å². The molecule has 0 fully saturated rings. The van der Waals surface area contributed by atoms with Gasteiger partial charge in [0, 0.05) is 25.4 Å². The second-order valence-electron chi connectivity index (χ2n) is 4.76. The number of amides is 1. The van der Waals surface area contributed by atoms with Crippen LogP contribution in [0.25, 0.3) is 0 Å². The first-order chi connectivity index (χ1) is 9.08. The maximum Gasteiger partial charge on any atom is 0.227 e. The quantitative estimate of drug-likeness (QED) is 0.767. The highest BCUT2D eigenvalue weighted by Crippen LogP contribution is 2.11. The molecule has 0 aliphatic rings. The first kappa shape index (κ1) is 15.5. The first-order valence-corrected chi connectivity index (χ1v) is 6.71. The number of carbonyl (C=O) groups is 1. The molecule has 0 aliphatic carbocycles. The van der Waals surface area contributed by atoms with Crippen molar-refractivity contribution in [3.05, 3.63) is 29.8 Å². The van der Waals surface area contributed by atoms with Gasteiger partial charge in [0.25, 0.3) is 0 Å². The molecule has 106 valence electrons. The van der Waals surface area contributed by atoms with E-state index in [1.807, 2.05) is 29.2 Å². The number of nitrogens with zero attached hydrogens (tertiary/aromatic N) is 1. The summed E-state index contributed by atoms with van der Waals surface area (Å²) in [6, 6.07) is 7.71. The van der Waals surface area contributed by atoms with Crippen LogP contribution in [0.5, 0.6) is 0 Å². The highest BCUT2D eigenvalue weighted by Gasteiger charge is 2.18. The molecule has 1 aromatic carbocycles. The van der Waals surface area contributed by atoms with E-state index in [1.54, 1.807) is 7.11 Å². The fourth-order valence-electron chi connectivity index (χ4n) is 1.98. The molecule has 0 aromatic heterocycles. The summed E-state index contributed by atoms with van der Waals surface area (Å²) in [4.78, 5) is 14.2. The van der Waals surface area contributed by atoms with Gasteiger partial charge in [0.1, 0.15) is 0 Å². The minimum absolute atomic E-state index is 0.122. The zero-order valence-electron chi connectivity index (χ0n) is 12.1. The number of anilines is 1. The van der Waals surface area contributed by atoms with Crippen LogP contribution in [0.3, 0.4) is 0 Å². The van der Waals surface area contributed by atoms with Crippen LogP contribution in [0.2, 0.25) is 0 Å². The highest BCUT2D eigenvalue weighted by molar-refractivity contribution is 5.79. The SMILES string of the molecule is CCC(C)N(CCOC)C(=O)Cc1cccc(N)c1. The van der Waals surface area contributed by atoms with Crippen LogP contribution in [-0.2, 0) is 16.0 Å². The number of ether oxygens (including phenoxy) is 1. The van der Waals surface area contributed by atoms with E-state index in [1.165, 1.54) is 0 Å². The van der Waals surface area contributed by atoms with E-state index in [2.05, 4.69) is 13.8 Å². The van der Waals surface area contributed by atoms with E-state index in [9.17, 15) is 4.79 Å². The summed E-state index contributed by atoms with van der Waals surface area (Å²) in [5, 5.41) is 0. The van der Waals surface area contributed by atoms with E-state index >= 15 is 0 Å². The number of hydrogen-bond acceptors (Lipinski definition) is 3.